The zero-order valence-corrected chi connectivity index (χ0v) is 16.6. The van der Waals surface area contributed by atoms with Crippen molar-refractivity contribution in [2.75, 3.05) is 20.2 Å². The molecule has 1 atom stereocenters. The molecule has 0 N–H and O–H groups in total. The Labute approximate surface area is 173 Å². The van der Waals surface area contributed by atoms with E-state index in [2.05, 4.69) is 20.4 Å². The molecule has 0 saturated carbocycles. The molecule has 3 aromatic rings. The number of aromatic nitrogens is 5. The van der Waals surface area contributed by atoms with Gasteiger partial charge in [-0.3, -0.25) is 9.78 Å². The number of tetrazole rings is 1. The van der Waals surface area contributed by atoms with Crippen LogP contribution in [0.4, 0.5) is 0 Å². The van der Waals surface area contributed by atoms with Gasteiger partial charge in [-0.1, -0.05) is 6.07 Å². The van der Waals surface area contributed by atoms with E-state index in [1.807, 2.05) is 23.1 Å². The Morgan fingerprint density at radius 3 is 2.67 bits per heavy atom. The Morgan fingerprint density at radius 2 is 1.93 bits per heavy atom. The molecular formula is C21H22N6O3. The fraction of sp³-hybridized carbons (Fsp3) is 0.333. The van der Waals surface area contributed by atoms with Crippen molar-refractivity contribution < 1.29 is 14.3 Å². The van der Waals surface area contributed by atoms with Gasteiger partial charge in [0.1, 0.15) is 5.69 Å². The number of benzene rings is 1. The predicted molar refractivity (Wildman–Crippen MR) is 107 cm³/mol. The third kappa shape index (κ3) is 4.35. The number of nitrogens with zero attached hydrogens (tertiary/aromatic N) is 6. The average molecular weight is 406 g/mol. The van der Waals surface area contributed by atoms with Gasteiger partial charge in [0.25, 0.3) is 5.91 Å². The summed E-state index contributed by atoms with van der Waals surface area (Å²) >= 11 is 0. The highest BCUT2D eigenvalue weighted by Crippen LogP contribution is 2.20. The van der Waals surface area contributed by atoms with E-state index in [0.29, 0.717) is 42.3 Å². The fourth-order valence-corrected chi connectivity index (χ4v) is 3.60. The lowest BCUT2D eigenvalue weighted by atomic mass is 9.97. The van der Waals surface area contributed by atoms with Crippen LogP contribution in [0.1, 0.15) is 33.6 Å². The second kappa shape index (κ2) is 8.81. The molecule has 1 amide bonds. The first-order valence-electron chi connectivity index (χ1n) is 9.81. The van der Waals surface area contributed by atoms with Crippen molar-refractivity contribution in [2.45, 2.75) is 19.4 Å². The maximum absolute atomic E-state index is 12.9. The Morgan fingerprint density at radius 1 is 1.13 bits per heavy atom. The molecule has 3 heterocycles. The Balaban J connectivity index is 1.39. The second-order valence-electron chi connectivity index (χ2n) is 7.21. The van der Waals surface area contributed by atoms with Gasteiger partial charge in [0.2, 0.25) is 5.82 Å². The summed E-state index contributed by atoms with van der Waals surface area (Å²) in [6, 6.07) is 12.1. The van der Waals surface area contributed by atoms with E-state index in [-0.39, 0.29) is 11.8 Å². The van der Waals surface area contributed by atoms with E-state index in [0.717, 1.165) is 12.8 Å². The van der Waals surface area contributed by atoms with Gasteiger partial charge < -0.3 is 9.64 Å². The van der Waals surface area contributed by atoms with Gasteiger partial charge in [-0.25, -0.2) is 4.79 Å². The number of pyridine rings is 1. The molecule has 9 heteroatoms. The summed E-state index contributed by atoms with van der Waals surface area (Å²) in [5, 5.41) is 12.6. The smallest absolute Gasteiger partial charge is 0.337 e. The molecule has 4 rings (SSSR count). The predicted octanol–water partition coefficient (Wildman–Crippen LogP) is 2.07. The summed E-state index contributed by atoms with van der Waals surface area (Å²) in [6.07, 6.45) is 3.60. The van der Waals surface area contributed by atoms with Crippen LogP contribution in [0.2, 0.25) is 0 Å². The molecule has 9 nitrogen and oxygen atoms in total. The molecule has 1 fully saturated rings. The van der Waals surface area contributed by atoms with Crippen LogP contribution in [-0.2, 0) is 11.3 Å². The minimum Gasteiger partial charge on any atom is -0.465 e. The molecule has 1 aromatic carbocycles. The van der Waals surface area contributed by atoms with Crippen LogP contribution in [-0.4, -0.2) is 62.2 Å². The van der Waals surface area contributed by atoms with Crippen LogP contribution in [0.15, 0.2) is 48.7 Å². The summed E-state index contributed by atoms with van der Waals surface area (Å²) in [5.74, 6) is 0.266. The van der Waals surface area contributed by atoms with E-state index in [9.17, 15) is 9.59 Å². The summed E-state index contributed by atoms with van der Waals surface area (Å²) in [6.45, 7) is 1.92. The number of likely N-dealkylation sites (tertiary alicyclic amines) is 1. The van der Waals surface area contributed by atoms with Crippen molar-refractivity contribution in [3.05, 3.63) is 59.8 Å². The Hall–Kier alpha value is -3.62. The summed E-state index contributed by atoms with van der Waals surface area (Å²) < 4.78 is 4.70. The normalized spacial score (nSPS) is 16.3. The lowest BCUT2D eigenvalue weighted by Crippen LogP contribution is -2.41. The van der Waals surface area contributed by atoms with Crippen molar-refractivity contribution >= 4 is 11.9 Å². The maximum Gasteiger partial charge on any atom is 0.337 e. The number of esters is 1. The quantitative estimate of drug-likeness (QED) is 0.598. The topological polar surface area (TPSA) is 103 Å². The van der Waals surface area contributed by atoms with E-state index in [1.54, 1.807) is 35.3 Å². The van der Waals surface area contributed by atoms with Gasteiger partial charge in [-0.05, 0) is 60.4 Å². The molecule has 0 unspecified atom stereocenters. The highest BCUT2D eigenvalue weighted by atomic mass is 16.5. The molecule has 0 spiro atoms. The molecule has 1 saturated heterocycles. The zero-order chi connectivity index (χ0) is 20.9. The molecular weight excluding hydrogens is 384 g/mol. The Kier molecular flexibility index (Phi) is 5.78. The third-order valence-corrected chi connectivity index (χ3v) is 5.13. The van der Waals surface area contributed by atoms with Gasteiger partial charge in [0.05, 0.1) is 19.2 Å². The van der Waals surface area contributed by atoms with Crippen molar-refractivity contribution in [3.8, 4) is 11.5 Å². The second-order valence-corrected chi connectivity index (χ2v) is 7.21. The molecule has 0 radical (unpaired) electrons. The van der Waals surface area contributed by atoms with Crippen molar-refractivity contribution in [2.24, 2.45) is 5.92 Å². The van der Waals surface area contributed by atoms with Gasteiger partial charge >= 0.3 is 5.97 Å². The van der Waals surface area contributed by atoms with Gasteiger partial charge in [0.15, 0.2) is 0 Å². The van der Waals surface area contributed by atoms with Gasteiger partial charge in [-0.2, -0.15) is 4.80 Å². The first kappa shape index (κ1) is 19.7. The Bertz CT molecular complexity index is 1020. The minimum absolute atomic E-state index is 0.0446. The number of amides is 1. The zero-order valence-electron chi connectivity index (χ0n) is 16.6. The van der Waals surface area contributed by atoms with Gasteiger partial charge in [0, 0.05) is 24.8 Å². The van der Waals surface area contributed by atoms with Crippen LogP contribution in [0.5, 0.6) is 0 Å². The summed E-state index contributed by atoms with van der Waals surface area (Å²) in [7, 11) is 1.33. The van der Waals surface area contributed by atoms with Crippen molar-refractivity contribution in [3.63, 3.8) is 0 Å². The van der Waals surface area contributed by atoms with E-state index < -0.39 is 5.97 Å². The van der Waals surface area contributed by atoms with Crippen molar-refractivity contribution in [1.29, 1.82) is 0 Å². The minimum atomic E-state index is -0.419. The van der Waals surface area contributed by atoms with Gasteiger partial charge in [-0.15, -0.1) is 10.2 Å². The van der Waals surface area contributed by atoms with E-state index >= 15 is 0 Å². The molecule has 0 bridgehead atoms. The number of carbonyl (C=O) groups is 2. The van der Waals surface area contributed by atoms with Crippen molar-refractivity contribution in [1.82, 2.24) is 30.1 Å². The van der Waals surface area contributed by atoms with Crippen LogP contribution >= 0.6 is 0 Å². The highest BCUT2D eigenvalue weighted by Gasteiger charge is 2.25. The number of piperidine rings is 1. The van der Waals surface area contributed by atoms with Crippen LogP contribution < -0.4 is 0 Å². The molecule has 1 aliphatic heterocycles. The number of methoxy groups -OCH3 is 1. The number of carbonyl (C=O) groups excluding carboxylic acids is 2. The van der Waals surface area contributed by atoms with Crippen LogP contribution in [0.25, 0.3) is 11.5 Å². The first-order valence-corrected chi connectivity index (χ1v) is 9.81. The third-order valence-electron chi connectivity index (χ3n) is 5.13. The standard InChI is InChI=1S/C21H22N6O3/c1-30-21(29)17-9-7-16(8-10-17)20(28)26-12-4-5-15(13-26)14-27-24-19(23-25-27)18-6-2-3-11-22-18/h2-3,6-11,15H,4-5,12-14H2,1H3/t15-/m1/s1. The number of hydrogen-bond acceptors (Lipinski definition) is 7. The first-order chi connectivity index (χ1) is 14.6. The number of rotatable bonds is 5. The SMILES string of the molecule is COC(=O)c1ccc(C(=O)N2CCC[C@@H](Cn3nnc(-c4ccccn4)n3)C2)cc1. The highest BCUT2D eigenvalue weighted by molar-refractivity contribution is 5.96. The average Bonchev–Trinajstić information content (AvgIpc) is 3.27. The largest absolute Gasteiger partial charge is 0.465 e. The number of ether oxygens (including phenoxy) is 1. The number of hydrogen-bond donors (Lipinski definition) is 0. The lowest BCUT2D eigenvalue weighted by molar-refractivity contribution is 0.0598. The molecule has 0 aliphatic carbocycles. The van der Waals surface area contributed by atoms with Crippen LogP contribution in [0.3, 0.4) is 0 Å². The molecule has 2 aromatic heterocycles. The molecule has 1 aliphatic rings. The fourth-order valence-electron chi connectivity index (χ4n) is 3.60. The van der Waals surface area contributed by atoms with E-state index in [1.165, 1.54) is 7.11 Å². The summed E-state index contributed by atoms with van der Waals surface area (Å²) in [4.78, 5) is 32.1. The molecule has 30 heavy (non-hydrogen) atoms. The maximum atomic E-state index is 12.9. The monoisotopic (exact) mass is 406 g/mol. The van der Waals surface area contributed by atoms with E-state index in [4.69, 9.17) is 4.74 Å². The molecule has 154 valence electrons. The lowest BCUT2D eigenvalue weighted by Gasteiger charge is -2.32. The summed E-state index contributed by atoms with van der Waals surface area (Å²) in [5.41, 5.74) is 1.66. The van der Waals surface area contributed by atoms with Crippen LogP contribution in [0, 0.1) is 5.92 Å².